The van der Waals surface area contributed by atoms with Crippen molar-refractivity contribution >= 4 is 17.0 Å². The number of methoxy groups -OCH3 is 1. The maximum absolute atomic E-state index is 11.0. The standard InChI is InChI=1S/C13H17N3O3/c1-15(2)7-12-14-10-6-9(19-3)4-5-11(10)16(12)8-13(17)18/h4-6H,7-8H2,1-3H3,(H,17,18). The van der Waals surface area contributed by atoms with E-state index in [9.17, 15) is 4.79 Å². The van der Waals surface area contributed by atoms with E-state index in [4.69, 9.17) is 9.84 Å². The lowest BCUT2D eigenvalue weighted by Gasteiger charge is -2.11. The first-order valence-electron chi connectivity index (χ1n) is 5.91. The molecule has 0 saturated carbocycles. The van der Waals surface area contributed by atoms with Gasteiger partial charge >= 0.3 is 5.97 Å². The molecule has 0 aliphatic rings. The van der Waals surface area contributed by atoms with Crippen molar-refractivity contribution in [1.82, 2.24) is 14.5 Å². The first kappa shape index (κ1) is 13.4. The van der Waals surface area contributed by atoms with E-state index >= 15 is 0 Å². The number of hydrogen-bond acceptors (Lipinski definition) is 4. The zero-order valence-corrected chi connectivity index (χ0v) is 11.3. The average molecular weight is 263 g/mol. The Morgan fingerprint density at radius 3 is 2.79 bits per heavy atom. The van der Waals surface area contributed by atoms with Crippen LogP contribution < -0.4 is 4.74 Å². The van der Waals surface area contributed by atoms with Crippen LogP contribution in [0.25, 0.3) is 11.0 Å². The van der Waals surface area contributed by atoms with Crippen molar-refractivity contribution in [3.63, 3.8) is 0 Å². The molecule has 2 rings (SSSR count). The predicted molar refractivity (Wildman–Crippen MR) is 71.3 cm³/mol. The van der Waals surface area contributed by atoms with E-state index in [-0.39, 0.29) is 6.54 Å². The van der Waals surface area contributed by atoms with Gasteiger partial charge in [0.25, 0.3) is 0 Å². The minimum absolute atomic E-state index is 0.0913. The SMILES string of the molecule is COc1ccc2c(c1)nc(CN(C)C)n2CC(=O)O. The molecule has 0 amide bonds. The van der Waals surface area contributed by atoms with Crippen LogP contribution in [0.15, 0.2) is 18.2 Å². The van der Waals surface area contributed by atoms with E-state index in [0.717, 1.165) is 16.9 Å². The molecule has 0 unspecified atom stereocenters. The van der Waals surface area contributed by atoms with Crippen molar-refractivity contribution in [2.24, 2.45) is 0 Å². The second-order valence-corrected chi connectivity index (χ2v) is 4.60. The zero-order valence-electron chi connectivity index (χ0n) is 11.3. The largest absolute Gasteiger partial charge is 0.497 e. The molecule has 0 radical (unpaired) electrons. The molecule has 6 nitrogen and oxygen atoms in total. The van der Waals surface area contributed by atoms with E-state index < -0.39 is 5.97 Å². The van der Waals surface area contributed by atoms with Crippen LogP contribution >= 0.6 is 0 Å². The number of ether oxygens (including phenoxy) is 1. The van der Waals surface area contributed by atoms with E-state index in [1.165, 1.54) is 0 Å². The van der Waals surface area contributed by atoms with Crippen LogP contribution in [0, 0.1) is 0 Å². The number of rotatable bonds is 5. The van der Waals surface area contributed by atoms with Gasteiger partial charge in [-0.2, -0.15) is 0 Å². The lowest BCUT2D eigenvalue weighted by atomic mass is 10.3. The number of fused-ring (bicyclic) bond motifs is 1. The minimum atomic E-state index is -0.880. The number of hydrogen-bond donors (Lipinski definition) is 1. The zero-order chi connectivity index (χ0) is 14.0. The van der Waals surface area contributed by atoms with Crippen molar-refractivity contribution in [1.29, 1.82) is 0 Å². The summed E-state index contributed by atoms with van der Waals surface area (Å²) in [5.41, 5.74) is 1.55. The molecule has 0 fully saturated rings. The molecule has 0 bridgehead atoms. The first-order chi connectivity index (χ1) is 9.01. The third-order valence-corrected chi connectivity index (χ3v) is 2.79. The van der Waals surface area contributed by atoms with Gasteiger partial charge in [-0.25, -0.2) is 4.98 Å². The van der Waals surface area contributed by atoms with Crippen molar-refractivity contribution < 1.29 is 14.6 Å². The van der Waals surface area contributed by atoms with Crippen LogP contribution in [0.2, 0.25) is 0 Å². The molecule has 0 aliphatic carbocycles. The monoisotopic (exact) mass is 263 g/mol. The highest BCUT2D eigenvalue weighted by atomic mass is 16.5. The summed E-state index contributed by atoms with van der Waals surface area (Å²) in [4.78, 5) is 17.4. The summed E-state index contributed by atoms with van der Waals surface area (Å²) in [5, 5.41) is 9.02. The Balaban J connectivity index is 2.54. The van der Waals surface area contributed by atoms with Gasteiger partial charge < -0.3 is 19.3 Å². The van der Waals surface area contributed by atoms with E-state index in [0.29, 0.717) is 12.3 Å². The molecular weight excluding hydrogens is 246 g/mol. The fraction of sp³-hybridized carbons (Fsp3) is 0.385. The van der Waals surface area contributed by atoms with Crippen molar-refractivity contribution in [2.75, 3.05) is 21.2 Å². The summed E-state index contributed by atoms with van der Waals surface area (Å²) in [5.74, 6) is 0.564. The second-order valence-electron chi connectivity index (χ2n) is 4.60. The molecular formula is C13H17N3O3. The van der Waals surface area contributed by atoms with Crippen molar-refractivity contribution in [3.8, 4) is 5.75 Å². The Labute approximate surface area is 111 Å². The molecule has 2 aromatic rings. The van der Waals surface area contributed by atoms with E-state index in [1.807, 2.05) is 37.2 Å². The molecule has 1 heterocycles. The smallest absolute Gasteiger partial charge is 0.323 e. The summed E-state index contributed by atoms with van der Waals surface area (Å²) in [7, 11) is 5.44. The summed E-state index contributed by atoms with van der Waals surface area (Å²) in [6, 6.07) is 5.46. The van der Waals surface area contributed by atoms with Crippen LogP contribution in [-0.2, 0) is 17.9 Å². The van der Waals surface area contributed by atoms with Gasteiger partial charge in [-0.15, -0.1) is 0 Å². The molecule has 1 N–H and O–H groups in total. The third-order valence-electron chi connectivity index (χ3n) is 2.79. The van der Waals surface area contributed by atoms with Crippen LogP contribution in [0.3, 0.4) is 0 Å². The number of nitrogens with zero attached hydrogens (tertiary/aromatic N) is 3. The van der Waals surface area contributed by atoms with Crippen LogP contribution in [0.4, 0.5) is 0 Å². The highest BCUT2D eigenvalue weighted by Crippen LogP contribution is 2.22. The summed E-state index contributed by atoms with van der Waals surface area (Å²) in [6.07, 6.45) is 0. The molecule has 1 aromatic heterocycles. The van der Waals surface area contributed by atoms with Gasteiger partial charge in [0.15, 0.2) is 0 Å². The third kappa shape index (κ3) is 2.85. The fourth-order valence-electron chi connectivity index (χ4n) is 2.00. The van der Waals surface area contributed by atoms with Gasteiger partial charge in [0.1, 0.15) is 18.1 Å². The lowest BCUT2D eigenvalue weighted by molar-refractivity contribution is -0.137. The minimum Gasteiger partial charge on any atom is -0.497 e. The topological polar surface area (TPSA) is 67.6 Å². The van der Waals surface area contributed by atoms with Gasteiger partial charge in [0.05, 0.1) is 24.7 Å². The molecule has 0 aliphatic heterocycles. The Morgan fingerprint density at radius 2 is 2.21 bits per heavy atom. The van der Waals surface area contributed by atoms with Crippen molar-refractivity contribution in [2.45, 2.75) is 13.1 Å². The molecule has 0 spiro atoms. The second kappa shape index (κ2) is 5.27. The highest BCUT2D eigenvalue weighted by Gasteiger charge is 2.14. The molecule has 19 heavy (non-hydrogen) atoms. The quantitative estimate of drug-likeness (QED) is 0.877. The molecule has 102 valence electrons. The number of carboxylic acids is 1. The fourth-order valence-corrected chi connectivity index (χ4v) is 2.00. The van der Waals surface area contributed by atoms with E-state index in [1.54, 1.807) is 11.7 Å². The normalized spacial score (nSPS) is 11.2. The highest BCUT2D eigenvalue weighted by molar-refractivity contribution is 5.79. The summed E-state index contributed by atoms with van der Waals surface area (Å²) in [6.45, 7) is 0.496. The van der Waals surface area contributed by atoms with E-state index in [2.05, 4.69) is 4.98 Å². The summed E-state index contributed by atoms with van der Waals surface area (Å²) >= 11 is 0. The molecule has 6 heteroatoms. The number of aromatic nitrogens is 2. The van der Waals surface area contributed by atoms with Crippen molar-refractivity contribution in [3.05, 3.63) is 24.0 Å². The predicted octanol–water partition coefficient (Wildman–Crippen LogP) is 1.19. The number of benzene rings is 1. The Bertz CT molecular complexity index is 604. The Kier molecular flexibility index (Phi) is 3.71. The maximum Gasteiger partial charge on any atom is 0.323 e. The average Bonchev–Trinajstić information content (AvgIpc) is 2.65. The van der Waals surface area contributed by atoms with Crippen LogP contribution in [0.5, 0.6) is 5.75 Å². The van der Waals surface area contributed by atoms with Gasteiger partial charge in [-0.3, -0.25) is 4.79 Å². The van der Waals surface area contributed by atoms with Crippen LogP contribution in [-0.4, -0.2) is 46.7 Å². The summed E-state index contributed by atoms with van der Waals surface area (Å²) < 4.78 is 6.88. The van der Waals surface area contributed by atoms with Crippen LogP contribution in [0.1, 0.15) is 5.82 Å². The number of imidazole rings is 1. The number of carbonyl (C=O) groups is 1. The van der Waals surface area contributed by atoms with Gasteiger partial charge in [-0.1, -0.05) is 0 Å². The Morgan fingerprint density at radius 1 is 1.47 bits per heavy atom. The maximum atomic E-state index is 11.0. The lowest BCUT2D eigenvalue weighted by Crippen LogP contribution is -2.18. The Hall–Kier alpha value is -2.08. The molecule has 0 atom stereocenters. The van der Waals surface area contributed by atoms with Gasteiger partial charge in [0, 0.05) is 6.07 Å². The van der Waals surface area contributed by atoms with Gasteiger partial charge in [-0.05, 0) is 26.2 Å². The number of aliphatic carboxylic acids is 1. The molecule has 0 saturated heterocycles. The molecule has 1 aromatic carbocycles. The van der Waals surface area contributed by atoms with Gasteiger partial charge in [0.2, 0.25) is 0 Å². The number of carboxylic acid groups (broad SMARTS) is 1. The first-order valence-corrected chi connectivity index (χ1v) is 5.91.